The predicted octanol–water partition coefficient (Wildman–Crippen LogP) is 5.04. The quantitative estimate of drug-likeness (QED) is 0.257. The fourth-order valence-electron chi connectivity index (χ4n) is 3.44. The van der Waals surface area contributed by atoms with Gasteiger partial charge in [-0.05, 0) is 42.3 Å². The number of alkyl halides is 6. The van der Waals surface area contributed by atoms with Gasteiger partial charge in [0.05, 0.1) is 11.3 Å². The lowest BCUT2D eigenvalue weighted by Gasteiger charge is -2.22. The molecule has 208 valence electrons. The Kier molecular flexibility index (Phi) is 7.20. The van der Waals surface area contributed by atoms with Crippen LogP contribution in [0.2, 0.25) is 0 Å². The molecule has 0 unspecified atom stereocenters. The lowest BCUT2D eigenvalue weighted by Crippen LogP contribution is -2.31. The maximum absolute atomic E-state index is 14.0. The highest BCUT2D eigenvalue weighted by atomic mass is 19.4. The number of rotatable bonds is 3. The van der Waals surface area contributed by atoms with Gasteiger partial charge < -0.3 is 9.30 Å². The van der Waals surface area contributed by atoms with Crippen molar-refractivity contribution < 1.29 is 40.3 Å². The van der Waals surface area contributed by atoms with Crippen LogP contribution >= 0.6 is 0 Å². The largest absolute Gasteiger partial charge is 0.420 e. The first-order chi connectivity index (χ1) is 18.7. The van der Waals surface area contributed by atoms with Gasteiger partial charge in [0.1, 0.15) is 11.4 Å². The molecule has 40 heavy (non-hydrogen) atoms. The highest BCUT2D eigenvalue weighted by Crippen LogP contribution is 2.44. The van der Waals surface area contributed by atoms with Crippen molar-refractivity contribution in [2.45, 2.75) is 12.4 Å². The molecule has 0 N–H and O–H groups in total. The van der Waals surface area contributed by atoms with Crippen molar-refractivity contribution >= 4 is 11.8 Å². The van der Waals surface area contributed by atoms with E-state index >= 15 is 0 Å². The van der Waals surface area contributed by atoms with Crippen LogP contribution < -0.4 is 15.3 Å². The van der Waals surface area contributed by atoms with E-state index < -0.39 is 52.5 Å². The summed E-state index contributed by atoms with van der Waals surface area (Å²) in [6, 6.07) is 6.60. The summed E-state index contributed by atoms with van der Waals surface area (Å²) in [5, 5.41) is 0. The molecule has 0 aliphatic rings. The van der Waals surface area contributed by atoms with Gasteiger partial charge in [-0.15, -0.1) is 0 Å². The minimum Gasteiger partial charge on any atom is -0.407 e. The van der Waals surface area contributed by atoms with Crippen molar-refractivity contribution in [3.05, 3.63) is 94.4 Å². The van der Waals surface area contributed by atoms with Gasteiger partial charge in [0.25, 0.3) is 0 Å². The first kappa shape index (κ1) is 28.0. The average Bonchev–Trinajstić information content (AvgIpc) is 3.45. The second kappa shape index (κ2) is 10.3. The van der Waals surface area contributed by atoms with E-state index in [-0.39, 0.29) is 23.6 Å². The minimum atomic E-state index is -5.44. The Bertz CT molecular complexity index is 1690. The van der Waals surface area contributed by atoms with Crippen LogP contribution in [0.4, 0.5) is 41.2 Å². The smallest absolute Gasteiger partial charge is 0.407 e. The number of aryl methyl sites for hydroxylation is 1. The molecule has 4 rings (SSSR count). The summed E-state index contributed by atoms with van der Waals surface area (Å²) in [4.78, 5) is 30.4. The second-order valence-electron chi connectivity index (χ2n) is 8.19. The number of hydrogen-bond donors (Lipinski definition) is 0. The number of carbonyl (C=O) groups excluding carboxylic acids is 1. The highest BCUT2D eigenvalue weighted by molar-refractivity contribution is 5.89. The van der Waals surface area contributed by atoms with Gasteiger partial charge in [0, 0.05) is 50.6 Å². The van der Waals surface area contributed by atoms with E-state index in [0.29, 0.717) is 14.0 Å². The molecule has 0 saturated heterocycles. The van der Waals surface area contributed by atoms with Crippen LogP contribution in [0.1, 0.15) is 17.0 Å². The maximum atomic E-state index is 14.0. The Morgan fingerprint density at radius 3 is 2.25 bits per heavy atom. The lowest BCUT2D eigenvalue weighted by molar-refractivity contribution is -0.143. The summed E-state index contributed by atoms with van der Waals surface area (Å²) in [5.74, 6) is 0.735. The monoisotopic (exact) mass is 567 g/mol. The third-order valence-corrected chi connectivity index (χ3v) is 5.53. The second-order valence-corrected chi connectivity index (χ2v) is 8.19. The number of carbonyl (C=O) groups is 1. The molecule has 4 aromatic rings. The molecule has 2 heterocycles. The molecule has 2 aromatic heterocycles. The van der Waals surface area contributed by atoms with E-state index in [4.69, 9.17) is 4.74 Å². The number of amides is 1. The van der Waals surface area contributed by atoms with Gasteiger partial charge in [-0.2, -0.15) is 26.3 Å². The van der Waals surface area contributed by atoms with Gasteiger partial charge >= 0.3 is 24.1 Å². The Labute approximate surface area is 220 Å². The summed E-state index contributed by atoms with van der Waals surface area (Å²) in [5.41, 5.74) is -5.89. The molecule has 0 fully saturated rings. The molecule has 0 atom stereocenters. The van der Waals surface area contributed by atoms with E-state index in [1.807, 2.05) is 0 Å². The average molecular weight is 567 g/mol. The molecule has 0 bridgehead atoms. The summed E-state index contributed by atoms with van der Waals surface area (Å²) in [6.45, 7) is 0. The van der Waals surface area contributed by atoms with E-state index in [9.17, 15) is 40.3 Å². The van der Waals surface area contributed by atoms with Gasteiger partial charge in [-0.25, -0.2) is 23.5 Å². The number of ether oxygens (including phenoxy) is 1. The highest BCUT2D eigenvalue weighted by Gasteiger charge is 2.42. The molecular weight excluding hydrogens is 551 g/mol. The van der Waals surface area contributed by atoms with E-state index in [1.54, 1.807) is 13.2 Å². The topological polar surface area (TPSA) is 74.3 Å². The standard InChI is InChI=1S/C25H16F7N5O3/c1-34-10-8-33-20(34)7-9-36-11-12-37(22(36)38)19-14-15(24(27,28)29)13-18(25(30,31)32)21(19)40-23(39)35(2)17-5-3-16(26)4-6-17/h3-6,8,10-14H,1-2H3. The van der Waals surface area contributed by atoms with Crippen LogP contribution in [-0.4, -0.2) is 31.8 Å². The zero-order chi connectivity index (χ0) is 29.4. The fraction of sp³-hybridized carbons (Fsp3) is 0.160. The summed E-state index contributed by atoms with van der Waals surface area (Å²) < 4.78 is 104. The molecule has 0 saturated carbocycles. The van der Waals surface area contributed by atoms with Crippen molar-refractivity contribution in [2.24, 2.45) is 7.05 Å². The van der Waals surface area contributed by atoms with Gasteiger partial charge in [0.15, 0.2) is 11.6 Å². The predicted molar refractivity (Wildman–Crippen MR) is 126 cm³/mol. The van der Waals surface area contributed by atoms with Gasteiger partial charge in [-0.1, -0.05) is 0 Å². The number of nitrogens with zero attached hydrogens (tertiary/aromatic N) is 5. The molecule has 0 aliphatic heterocycles. The van der Waals surface area contributed by atoms with Crippen molar-refractivity contribution in [2.75, 3.05) is 11.9 Å². The lowest BCUT2D eigenvalue weighted by atomic mass is 10.1. The van der Waals surface area contributed by atoms with E-state index in [1.165, 1.54) is 10.8 Å². The number of anilines is 1. The zero-order valence-corrected chi connectivity index (χ0v) is 20.4. The maximum Gasteiger partial charge on any atom is 0.420 e. The van der Waals surface area contributed by atoms with Crippen molar-refractivity contribution in [1.82, 2.24) is 18.7 Å². The summed E-state index contributed by atoms with van der Waals surface area (Å²) in [6.07, 6.45) is -7.31. The molecule has 0 aliphatic carbocycles. The van der Waals surface area contributed by atoms with Crippen LogP contribution in [0.25, 0.3) is 5.69 Å². The van der Waals surface area contributed by atoms with Crippen LogP contribution in [0.5, 0.6) is 5.75 Å². The molecule has 1 amide bonds. The van der Waals surface area contributed by atoms with Crippen molar-refractivity contribution in [3.63, 3.8) is 0 Å². The normalized spacial score (nSPS) is 11.6. The first-order valence-corrected chi connectivity index (χ1v) is 11.0. The first-order valence-electron chi connectivity index (χ1n) is 11.0. The molecule has 0 radical (unpaired) electrons. The molecule has 0 spiro atoms. The van der Waals surface area contributed by atoms with Gasteiger partial charge in [0.2, 0.25) is 0 Å². The van der Waals surface area contributed by atoms with Crippen LogP contribution in [0.3, 0.4) is 0 Å². The summed E-state index contributed by atoms with van der Waals surface area (Å²) in [7, 11) is 2.69. The third kappa shape index (κ3) is 5.70. The minimum absolute atomic E-state index is 0.00120. The number of hydrogen-bond acceptors (Lipinski definition) is 4. The number of halogens is 7. The third-order valence-electron chi connectivity index (χ3n) is 5.53. The number of imidazole rings is 2. The Balaban J connectivity index is 1.88. The Hall–Kier alpha value is -5.00. The van der Waals surface area contributed by atoms with Gasteiger partial charge in [-0.3, -0.25) is 9.47 Å². The number of benzene rings is 2. The zero-order valence-electron chi connectivity index (χ0n) is 20.4. The van der Waals surface area contributed by atoms with Crippen LogP contribution in [0.15, 0.2) is 66.0 Å². The van der Waals surface area contributed by atoms with Crippen molar-refractivity contribution in [3.8, 4) is 23.4 Å². The summed E-state index contributed by atoms with van der Waals surface area (Å²) >= 11 is 0. The van der Waals surface area contributed by atoms with E-state index in [0.717, 1.165) is 43.7 Å². The molecule has 15 heteroatoms. The Morgan fingerprint density at radius 1 is 1.00 bits per heavy atom. The molecule has 2 aromatic carbocycles. The fourth-order valence-corrected chi connectivity index (χ4v) is 3.44. The van der Waals surface area contributed by atoms with Crippen molar-refractivity contribution in [1.29, 1.82) is 0 Å². The molecule has 8 nitrogen and oxygen atoms in total. The van der Waals surface area contributed by atoms with E-state index in [2.05, 4.69) is 16.9 Å². The van der Waals surface area contributed by atoms with Crippen LogP contribution in [0, 0.1) is 17.8 Å². The van der Waals surface area contributed by atoms with Crippen LogP contribution in [-0.2, 0) is 19.4 Å². The number of aromatic nitrogens is 4. The molecular formula is C25H16F7N5O3. The Morgan fingerprint density at radius 2 is 1.68 bits per heavy atom. The SMILES string of the molecule is CN(C(=O)Oc1c(-n2ccn(C#Cc3nccn3C)c2=O)cc(C(F)(F)F)cc1C(F)(F)F)c1ccc(F)cc1.